The lowest BCUT2D eigenvalue weighted by atomic mass is 10.1. The number of hydrogen-bond acceptors (Lipinski definition) is 4. The molecule has 0 fully saturated rings. The van der Waals surface area contributed by atoms with Crippen molar-refractivity contribution in [1.29, 1.82) is 0 Å². The van der Waals surface area contributed by atoms with Crippen LogP contribution in [0.5, 0.6) is 0 Å². The molecule has 6 nitrogen and oxygen atoms in total. The van der Waals surface area contributed by atoms with Crippen LogP contribution in [0.4, 0.5) is 5.69 Å². The van der Waals surface area contributed by atoms with Crippen LogP contribution in [-0.2, 0) is 21.3 Å². The maximum absolute atomic E-state index is 12.2. The Hall–Kier alpha value is -2.22. The molecule has 7 heteroatoms. The fraction of sp³-hybridized carbons (Fsp3) is 0.235. The lowest BCUT2D eigenvalue weighted by molar-refractivity contribution is -0.0258. The topological polar surface area (TPSA) is 75.7 Å². The van der Waals surface area contributed by atoms with E-state index in [9.17, 15) is 13.2 Å². The van der Waals surface area contributed by atoms with Crippen LogP contribution >= 0.6 is 0 Å². The molecule has 0 aliphatic carbocycles. The Labute approximate surface area is 142 Å². The number of benzene rings is 2. The maximum atomic E-state index is 12.2. The van der Waals surface area contributed by atoms with Crippen LogP contribution in [-0.4, -0.2) is 33.0 Å². The average Bonchev–Trinajstić information content (AvgIpc) is 2.61. The van der Waals surface area contributed by atoms with Gasteiger partial charge in [-0.3, -0.25) is 9.63 Å². The second kappa shape index (κ2) is 7.57. The number of sulfonamides is 1. The summed E-state index contributed by atoms with van der Waals surface area (Å²) in [6.45, 7) is 2.06. The van der Waals surface area contributed by atoms with Gasteiger partial charge in [0.2, 0.25) is 0 Å². The predicted molar refractivity (Wildman–Crippen MR) is 92.2 cm³/mol. The van der Waals surface area contributed by atoms with Crippen molar-refractivity contribution in [2.75, 3.05) is 19.5 Å². The lowest BCUT2D eigenvalue weighted by Gasteiger charge is -2.14. The highest BCUT2D eigenvalue weighted by Crippen LogP contribution is 2.16. The first kappa shape index (κ1) is 18.1. The number of rotatable bonds is 6. The number of aryl methyl sites for hydroxylation is 1. The van der Waals surface area contributed by atoms with Gasteiger partial charge in [0, 0.05) is 18.3 Å². The van der Waals surface area contributed by atoms with Gasteiger partial charge in [-0.1, -0.05) is 23.5 Å². The van der Waals surface area contributed by atoms with Gasteiger partial charge >= 0.3 is 0 Å². The Bertz CT molecular complexity index is 799. The minimum atomic E-state index is -3.72. The van der Waals surface area contributed by atoms with E-state index >= 15 is 0 Å². The summed E-state index contributed by atoms with van der Waals surface area (Å²) in [7, 11) is -1.15. The molecular weight excluding hydrogens is 328 g/mol. The Morgan fingerprint density at radius 3 is 2.17 bits per heavy atom. The van der Waals surface area contributed by atoms with Crippen molar-refractivity contribution in [3.63, 3.8) is 0 Å². The zero-order chi connectivity index (χ0) is 17.7. The summed E-state index contributed by atoms with van der Waals surface area (Å²) in [6, 6.07) is 13.3. The summed E-state index contributed by atoms with van der Waals surface area (Å²) in [4.78, 5) is 17.0. The fourth-order valence-corrected chi connectivity index (χ4v) is 3.03. The van der Waals surface area contributed by atoms with Gasteiger partial charge in [0.05, 0.1) is 12.0 Å². The minimum Gasteiger partial charge on any atom is -0.322 e. The van der Waals surface area contributed by atoms with E-state index in [2.05, 4.69) is 12.2 Å². The average molecular weight is 348 g/mol. The largest absolute Gasteiger partial charge is 0.322 e. The van der Waals surface area contributed by atoms with Crippen LogP contribution in [0.25, 0.3) is 0 Å². The zero-order valence-corrected chi connectivity index (χ0v) is 14.6. The second-order valence-corrected chi connectivity index (χ2v) is 7.06. The van der Waals surface area contributed by atoms with Crippen molar-refractivity contribution >= 4 is 21.6 Å². The highest BCUT2D eigenvalue weighted by atomic mass is 32.2. The number of nitrogens with one attached hydrogen (secondary N) is 1. The van der Waals surface area contributed by atoms with E-state index in [1.54, 1.807) is 0 Å². The monoisotopic (exact) mass is 348 g/mol. The summed E-state index contributed by atoms with van der Waals surface area (Å²) in [5.41, 5.74) is 2.24. The summed E-state index contributed by atoms with van der Waals surface area (Å²) >= 11 is 0. The van der Waals surface area contributed by atoms with E-state index in [0.29, 0.717) is 11.3 Å². The number of anilines is 1. The Balaban J connectivity index is 2.13. The molecule has 0 aromatic heterocycles. The van der Waals surface area contributed by atoms with Crippen molar-refractivity contribution in [2.24, 2.45) is 0 Å². The summed E-state index contributed by atoms with van der Waals surface area (Å²) in [6.07, 6.45) is 0.931. The van der Waals surface area contributed by atoms with Crippen molar-refractivity contribution in [3.05, 3.63) is 59.7 Å². The Kier molecular flexibility index (Phi) is 5.71. The standard InChI is InChI=1S/C17H20N2O4S/c1-4-13-5-9-15(10-6-13)18-17(20)14-7-11-16(12-8-14)24(21,22)19(2)23-3/h5-12H,4H2,1-3H3,(H,18,20). The first-order chi connectivity index (χ1) is 11.4. The van der Waals surface area contributed by atoms with Crippen molar-refractivity contribution in [1.82, 2.24) is 4.47 Å². The Morgan fingerprint density at radius 1 is 1.08 bits per heavy atom. The highest BCUT2D eigenvalue weighted by Gasteiger charge is 2.20. The third-order valence-corrected chi connectivity index (χ3v) is 5.32. The number of carbonyl (C=O) groups excluding carboxylic acids is 1. The van der Waals surface area contributed by atoms with Crippen molar-refractivity contribution in [2.45, 2.75) is 18.2 Å². The SMILES string of the molecule is CCc1ccc(NC(=O)c2ccc(S(=O)(=O)N(C)OC)cc2)cc1. The number of hydrogen-bond donors (Lipinski definition) is 1. The van der Waals surface area contributed by atoms with E-state index < -0.39 is 10.0 Å². The molecule has 24 heavy (non-hydrogen) atoms. The fourth-order valence-electron chi connectivity index (χ4n) is 2.05. The molecule has 0 saturated heterocycles. The van der Waals surface area contributed by atoms with E-state index in [1.165, 1.54) is 44.0 Å². The first-order valence-electron chi connectivity index (χ1n) is 7.42. The first-order valence-corrected chi connectivity index (χ1v) is 8.86. The lowest BCUT2D eigenvalue weighted by Crippen LogP contribution is -2.25. The van der Waals surface area contributed by atoms with Crippen molar-refractivity contribution in [3.8, 4) is 0 Å². The van der Waals surface area contributed by atoms with Gasteiger partial charge < -0.3 is 5.32 Å². The molecule has 0 aliphatic heterocycles. The molecule has 0 spiro atoms. The molecule has 0 saturated carbocycles. The zero-order valence-electron chi connectivity index (χ0n) is 13.8. The molecule has 2 aromatic rings. The van der Waals surface area contributed by atoms with Crippen LogP contribution in [0, 0.1) is 0 Å². The van der Waals surface area contributed by atoms with Gasteiger partial charge in [0.25, 0.3) is 15.9 Å². The van der Waals surface area contributed by atoms with Crippen LogP contribution < -0.4 is 5.32 Å². The van der Waals surface area contributed by atoms with Gasteiger partial charge in [-0.25, -0.2) is 8.42 Å². The summed E-state index contributed by atoms with van der Waals surface area (Å²) in [5, 5.41) is 2.78. The number of hydroxylamine groups is 1. The van der Waals surface area contributed by atoms with Gasteiger partial charge in [0.15, 0.2) is 0 Å². The van der Waals surface area contributed by atoms with Crippen LogP contribution in [0.15, 0.2) is 53.4 Å². The summed E-state index contributed by atoms with van der Waals surface area (Å²) < 4.78 is 25.0. The van der Waals surface area contributed by atoms with Crippen LogP contribution in [0.2, 0.25) is 0 Å². The van der Waals surface area contributed by atoms with Crippen LogP contribution in [0.1, 0.15) is 22.8 Å². The number of nitrogens with zero attached hydrogens (tertiary/aromatic N) is 1. The molecule has 1 amide bonds. The molecule has 2 rings (SSSR count). The van der Waals surface area contributed by atoms with E-state index in [4.69, 9.17) is 4.84 Å². The van der Waals surface area contributed by atoms with Crippen molar-refractivity contribution < 1.29 is 18.0 Å². The minimum absolute atomic E-state index is 0.0516. The molecule has 0 aliphatic rings. The molecule has 0 bridgehead atoms. The van der Waals surface area contributed by atoms with Gasteiger partial charge in [-0.15, -0.1) is 0 Å². The van der Waals surface area contributed by atoms with E-state index in [-0.39, 0.29) is 10.8 Å². The smallest absolute Gasteiger partial charge is 0.264 e. The normalized spacial score (nSPS) is 11.5. The quantitative estimate of drug-likeness (QED) is 0.815. The van der Waals surface area contributed by atoms with Gasteiger partial charge in [-0.05, 0) is 48.4 Å². The molecule has 0 atom stereocenters. The third-order valence-electron chi connectivity index (χ3n) is 3.63. The van der Waals surface area contributed by atoms with E-state index in [1.807, 2.05) is 24.3 Å². The third kappa shape index (κ3) is 4.00. The molecule has 1 N–H and O–H groups in total. The van der Waals surface area contributed by atoms with Crippen LogP contribution in [0.3, 0.4) is 0 Å². The molecule has 128 valence electrons. The molecule has 0 unspecified atom stereocenters. The highest BCUT2D eigenvalue weighted by molar-refractivity contribution is 7.89. The maximum Gasteiger partial charge on any atom is 0.264 e. The summed E-state index contributed by atoms with van der Waals surface area (Å²) in [5.74, 6) is -0.303. The van der Waals surface area contributed by atoms with Gasteiger partial charge in [0.1, 0.15) is 0 Å². The molecule has 2 aromatic carbocycles. The van der Waals surface area contributed by atoms with E-state index in [0.717, 1.165) is 10.9 Å². The predicted octanol–water partition coefficient (Wildman–Crippen LogP) is 2.68. The van der Waals surface area contributed by atoms with Gasteiger partial charge in [-0.2, -0.15) is 0 Å². The molecule has 0 radical (unpaired) electrons. The Morgan fingerprint density at radius 2 is 1.67 bits per heavy atom. The molecular formula is C17H20N2O4S. The molecule has 0 heterocycles. The number of carbonyl (C=O) groups is 1. The second-order valence-electron chi connectivity index (χ2n) is 5.13. The number of amides is 1.